The number of rotatable bonds is 6. The number of benzene rings is 1. The van der Waals surface area contributed by atoms with Crippen LogP contribution < -0.4 is 0 Å². The fraction of sp³-hybridized carbons (Fsp3) is 0.529. The van der Waals surface area contributed by atoms with Crippen molar-refractivity contribution >= 4 is 11.8 Å². The molecule has 1 unspecified atom stereocenters. The number of aryl methyl sites for hydroxylation is 1. The van der Waals surface area contributed by atoms with Gasteiger partial charge < -0.3 is 4.74 Å². The minimum atomic E-state index is -0.655. The first-order valence-electron chi connectivity index (χ1n) is 7.00. The van der Waals surface area contributed by atoms with E-state index in [-0.39, 0.29) is 11.2 Å². The highest BCUT2D eigenvalue weighted by Gasteiger charge is 2.26. The molecule has 0 N–H and O–H groups in total. The highest BCUT2D eigenvalue weighted by Crippen LogP contribution is 2.17. The average Bonchev–Trinajstić information content (AvgIpc) is 2.36. The third-order valence-electron chi connectivity index (χ3n) is 2.99. The Kier molecular flexibility index (Phi) is 5.93. The second-order valence-corrected chi connectivity index (χ2v) is 6.36. The van der Waals surface area contributed by atoms with Gasteiger partial charge in [-0.05, 0) is 30.7 Å². The summed E-state index contributed by atoms with van der Waals surface area (Å²) in [6.07, 6.45) is 1.21. The van der Waals surface area contributed by atoms with Gasteiger partial charge in [-0.15, -0.1) is 0 Å². The third-order valence-corrected chi connectivity index (χ3v) is 2.99. The van der Waals surface area contributed by atoms with E-state index in [0.29, 0.717) is 19.4 Å². The Labute approximate surface area is 121 Å². The Hall–Kier alpha value is -1.64. The van der Waals surface area contributed by atoms with E-state index >= 15 is 0 Å². The van der Waals surface area contributed by atoms with E-state index in [1.54, 1.807) is 0 Å². The largest absolute Gasteiger partial charge is 0.465 e. The third kappa shape index (κ3) is 6.00. The zero-order valence-corrected chi connectivity index (χ0v) is 12.8. The van der Waals surface area contributed by atoms with Crippen LogP contribution in [0.4, 0.5) is 0 Å². The molecule has 0 aliphatic carbocycles. The van der Waals surface area contributed by atoms with E-state index in [0.717, 1.165) is 5.56 Å². The molecule has 20 heavy (non-hydrogen) atoms. The van der Waals surface area contributed by atoms with Crippen molar-refractivity contribution in [2.24, 2.45) is 11.3 Å². The molecule has 3 heteroatoms. The molecule has 0 aromatic heterocycles. The second kappa shape index (κ2) is 7.22. The molecule has 0 fully saturated rings. The van der Waals surface area contributed by atoms with Gasteiger partial charge in [0.05, 0.1) is 6.61 Å². The molecule has 1 atom stereocenters. The van der Waals surface area contributed by atoms with Crippen LogP contribution in [-0.2, 0) is 20.7 Å². The van der Waals surface area contributed by atoms with Gasteiger partial charge in [0.1, 0.15) is 11.7 Å². The Balaban J connectivity index is 2.56. The quantitative estimate of drug-likeness (QED) is 0.590. The van der Waals surface area contributed by atoms with Crippen LogP contribution in [-0.4, -0.2) is 18.4 Å². The SMILES string of the molecule is CC(=O)C(CCc1ccccc1)C(=O)OCC(C)(C)C. The normalized spacial score (nSPS) is 12.8. The number of esters is 1. The summed E-state index contributed by atoms with van der Waals surface area (Å²) in [5.74, 6) is -1.18. The molecule has 1 rings (SSSR count). The summed E-state index contributed by atoms with van der Waals surface area (Å²) in [6.45, 7) is 7.77. The van der Waals surface area contributed by atoms with Gasteiger partial charge in [0.25, 0.3) is 0 Å². The first-order chi connectivity index (χ1) is 9.29. The lowest BCUT2D eigenvalue weighted by Crippen LogP contribution is -2.28. The number of carbonyl (C=O) groups excluding carboxylic acids is 2. The minimum absolute atomic E-state index is 0.0869. The molecule has 1 aromatic carbocycles. The molecular weight excluding hydrogens is 252 g/mol. The average molecular weight is 276 g/mol. The van der Waals surface area contributed by atoms with Crippen LogP contribution in [0.25, 0.3) is 0 Å². The van der Waals surface area contributed by atoms with Gasteiger partial charge in [-0.25, -0.2) is 0 Å². The van der Waals surface area contributed by atoms with Crippen LogP contribution in [0.5, 0.6) is 0 Å². The zero-order valence-electron chi connectivity index (χ0n) is 12.8. The number of hydrogen-bond donors (Lipinski definition) is 0. The number of carbonyl (C=O) groups is 2. The van der Waals surface area contributed by atoms with Crippen LogP contribution in [0, 0.1) is 11.3 Å². The van der Waals surface area contributed by atoms with Crippen LogP contribution in [0.2, 0.25) is 0 Å². The van der Waals surface area contributed by atoms with Crippen LogP contribution in [0.15, 0.2) is 30.3 Å². The summed E-state index contributed by atoms with van der Waals surface area (Å²) in [4.78, 5) is 23.6. The second-order valence-electron chi connectivity index (χ2n) is 6.36. The lowest BCUT2D eigenvalue weighted by molar-refractivity contribution is -0.154. The molecule has 3 nitrogen and oxygen atoms in total. The van der Waals surface area contributed by atoms with Crippen LogP contribution in [0.1, 0.15) is 39.7 Å². The van der Waals surface area contributed by atoms with Crippen molar-refractivity contribution in [3.05, 3.63) is 35.9 Å². The first-order valence-corrected chi connectivity index (χ1v) is 7.00. The Bertz CT molecular complexity index is 443. The molecular formula is C17H24O3. The summed E-state index contributed by atoms with van der Waals surface area (Å²) >= 11 is 0. The first kappa shape index (κ1) is 16.4. The van der Waals surface area contributed by atoms with Gasteiger partial charge in [0, 0.05) is 0 Å². The summed E-state index contributed by atoms with van der Waals surface area (Å²) in [5.41, 5.74) is 1.04. The summed E-state index contributed by atoms with van der Waals surface area (Å²) in [5, 5.41) is 0. The van der Waals surface area contributed by atoms with E-state index in [4.69, 9.17) is 4.74 Å². The van der Waals surface area contributed by atoms with E-state index in [9.17, 15) is 9.59 Å². The van der Waals surface area contributed by atoms with Crippen molar-refractivity contribution in [2.45, 2.75) is 40.5 Å². The van der Waals surface area contributed by atoms with E-state index in [2.05, 4.69) is 0 Å². The predicted octanol–water partition coefficient (Wildman–Crippen LogP) is 3.41. The predicted molar refractivity (Wildman–Crippen MR) is 79.3 cm³/mol. The van der Waals surface area contributed by atoms with E-state index in [1.165, 1.54) is 6.92 Å². The van der Waals surface area contributed by atoms with Crippen LogP contribution >= 0.6 is 0 Å². The summed E-state index contributed by atoms with van der Waals surface area (Å²) in [7, 11) is 0. The zero-order chi connectivity index (χ0) is 15.2. The fourth-order valence-corrected chi connectivity index (χ4v) is 1.83. The van der Waals surface area contributed by atoms with Crippen molar-refractivity contribution in [3.8, 4) is 0 Å². The summed E-state index contributed by atoms with van der Waals surface area (Å²) < 4.78 is 5.26. The lowest BCUT2D eigenvalue weighted by Gasteiger charge is -2.20. The maximum absolute atomic E-state index is 12.0. The van der Waals surface area contributed by atoms with Crippen LogP contribution in [0.3, 0.4) is 0 Å². The topological polar surface area (TPSA) is 43.4 Å². The number of hydrogen-bond acceptors (Lipinski definition) is 3. The van der Waals surface area contributed by atoms with Crippen molar-refractivity contribution in [1.29, 1.82) is 0 Å². The Morgan fingerprint density at radius 3 is 2.25 bits per heavy atom. The molecule has 0 heterocycles. The Morgan fingerprint density at radius 1 is 1.15 bits per heavy atom. The van der Waals surface area contributed by atoms with Gasteiger partial charge in [-0.2, -0.15) is 0 Å². The van der Waals surface area contributed by atoms with Gasteiger partial charge in [0.2, 0.25) is 0 Å². The molecule has 0 amide bonds. The Morgan fingerprint density at radius 2 is 1.75 bits per heavy atom. The molecule has 0 saturated heterocycles. The number of ketones is 1. The monoisotopic (exact) mass is 276 g/mol. The maximum Gasteiger partial charge on any atom is 0.316 e. The van der Waals surface area contributed by atoms with Crippen molar-refractivity contribution < 1.29 is 14.3 Å². The molecule has 0 bridgehead atoms. The highest BCUT2D eigenvalue weighted by molar-refractivity contribution is 5.97. The molecule has 110 valence electrons. The van der Waals surface area contributed by atoms with Gasteiger partial charge in [-0.3, -0.25) is 9.59 Å². The van der Waals surface area contributed by atoms with E-state index in [1.807, 2.05) is 51.1 Å². The minimum Gasteiger partial charge on any atom is -0.465 e. The molecule has 0 aliphatic heterocycles. The van der Waals surface area contributed by atoms with Gasteiger partial charge >= 0.3 is 5.97 Å². The fourth-order valence-electron chi connectivity index (χ4n) is 1.83. The van der Waals surface area contributed by atoms with Gasteiger partial charge in [-0.1, -0.05) is 51.1 Å². The van der Waals surface area contributed by atoms with Crippen molar-refractivity contribution in [1.82, 2.24) is 0 Å². The van der Waals surface area contributed by atoms with Crippen molar-refractivity contribution in [2.75, 3.05) is 6.61 Å². The van der Waals surface area contributed by atoms with Gasteiger partial charge in [0.15, 0.2) is 0 Å². The maximum atomic E-state index is 12.0. The molecule has 0 saturated carbocycles. The number of Topliss-reactive ketones (excluding diaryl/α,β-unsaturated/α-hetero) is 1. The smallest absolute Gasteiger partial charge is 0.316 e. The highest BCUT2D eigenvalue weighted by atomic mass is 16.5. The van der Waals surface area contributed by atoms with Crippen molar-refractivity contribution in [3.63, 3.8) is 0 Å². The molecule has 0 aliphatic rings. The standard InChI is InChI=1S/C17H24O3/c1-13(18)15(16(19)20-12-17(2,3)4)11-10-14-8-6-5-7-9-14/h5-9,15H,10-12H2,1-4H3. The molecule has 0 radical (unpaired) electrons. The summed E-state index contributed by atoms with van der Waals surface area (Å²) in [6, 6.07) is 9.85. The molecule has 1 aromatic rings. The lowest BCUT2D eigenvalue weighted by atomic mass is 9.95. The molecule has 0 spiro atoms. The van der Waals surface area contributed by atoms with E-state index < -0.39 is 11.9 Å². The number of ether oxygens (including phenoxy) is 1.